The smallest absolute Gasteiger partial charge is 0.0690 e. The molecule has 0 aliphatic rings. The number of rotatable bonds is 2. The Labute approximate surface area is 63.9 Å². The van der Waals surface area contributed by atoms with E-state index in [1.807, 2.05) is 23.1 Å². The van der Waals surface area contributed by atoms with Crippen LogP contribution in [-0.2, 0) is 6.54 Å². The van der Waals surface area contributed by atoms with Gasteiger partial charge in [-0.1, -0.05) is 0 Å². The zero-order chi connectivity index (χ0) is 7.52. The average molecular weight is 148 g/mol. The van der Waals surface area contributed by atoms with Crippen LogP contribution in [0.2, 0.25) is 0 Å². The number of H-pyrrole nitrogens is 1. The highest BCUT2D eigenvalue weighted by atomic mass is 15.3. The lowest BCUT2D eigenvalue weighted by molar-refractivity contribution is 0.687. The molecule has 0 aliphatic heterocycles. The van der Waals surface area contributed by atoms with Crippen molar-refractivity contribution in [1.29, 1.82) is 0 Å². The maximum absolute atomic E-state index is 4.07. The summed E-state index contributed by atoms with van der Waals surface area (Å²) in [6.07, 6.45) is 7.34. The molecule has 0 unspecified atom stereocenters. The molecule has 0 atom stereocenters. The number of aromatic nitrogens is 4. The van der Waals surface area contributed by atoms with Gasteiger partial charge in [0, 0.05) is 24.2 Å². The van der Waals surface area contributed by atoms with Gasteiger partial charge in [-0.3, -0.25) is 9.78 Å². The zero-order valence-corrected chi connectivity index (χ0v) is 5.94. The summed E-state index contributed by atoms with van der Waals surface area (Å²) in [6, 6.07) is 1.90. The Morgan fingerprint density at radius 2 is 2.55 bits per heavy atom. The van der Waals surface area contributed by atoms with E-state index in [1.165, 1.54) is 0 Å². The van der Waals surface area contributed by atoms with Crippen LogP contribution in [0.3, 0.4) is 0 Å². The molecule has 0 aliphatic carbocycles. The van der Waals surface area contributed by atoms with Gasteiger partial charge in [0.15, 0.2) is 0 Å². The quantitative estimate of drug-likeness (QED) is 0.679. The molecule has 2 aromatic heterocycles. The van der Waals surface area contributed by atoms with E-state index in [1.54, 1.807) is 12.4 Å². The second-order valence-corrected chi connectivity index (χ2v) is 2.31. The molecule has 4 nitrogen and oxygen atoms in total. The molecule has 2 aromatic rings. The minimum absolute atomic E-state index is 0.781. The molecule has 0 radical (unpaired) electrons. The molecule has 4 heteroatoms. The van der Waals surface area contributed by atoms with Gasteiger partial charge in [-0.15, -0.1) is 0 Å². The number of hydrogen-bond acceptors (Lipinski definition) is 2. The summed E-state index contributed by atoms with van der Waals surface area (Å²) in [5.74, 6) is 0. The second-order valence-electron chi connectivity index (χ2n) is 2.31. The van der Waals surface area contributed by atoms with E-state index in [0.29, 0.717) is 0 Å². The van der Waals surface area contributed by atoms with Gasteiger partial charge in [0.05, 0.1) is 12.7 Å². The maximum Gasteiger partial charge on any atom is 0.0690 e. The van der Waals surface area contributed by atoms with Gasteiger partial charge < -0.3 is 0 Å². The fourth-order valence-electron chi connectivity index (χ4n) is 0.945. The van der Waals surface area contributed by atoms with E-state index in [2.05, 4.69) is 15.3 Å². The fraction of sp³-hybridized carbons (Fsp3) is 0.143. The number of nitrogens with one attached hydrogen (secondary N) is 1. The lowest BCUT2D eigenvalue weighted by atomic mass is 10.4. The molecule has 0 bridgehead atoms. The molecule has 0 amide bonds. The Morgan fingerprint density at radius 1 is 1.55 bits per heavy atom. The Bertz CT molecular complexity index is 263. The van der Waals surface area contributed by atoms with Crippen LogP contribution in [0, 0.1) is 0 Å². The van der Waals surface area contributed by atoms with Crippen molar-refractivity contribution in [1.82, 2.24) is 20.0 Å². The van der Waals surface area contributed by atoms with Crippen LogP contribution in [0.4, 0.5) is 0 Å². The first-order chi connectivity index (χ1) is 5.45. The molecule has 2 heterocycles. The van der Waals surface area contributed by atoms with E-state index in [-0.39, 0.29) is 0 Å². The summed E-state index contributed by atoms with van der Waals surface area (Å²) in [5, 5.41) is 10.7. The van der Waals surface area contributed by atoms with E-state index < -0.39 is 0 Å². The summed E-state index contributed by atoms with van der Waals surface area (Å²) in [7, 11) is 0. The van der Waals surface area contributed by atoms with E-state index in [0.717, 1.165) is 12.1 Å². The summed E-state index contributed by atoms with van der Waals surface area (Å²) < 4.78 is 1.85. The Balaban J connectivity index is 2.14. The van der Waals surface area contributed by atoms with Crippen LogP contribution in [0.15, 0.2) is 30.9 Å². The van der Waals surface area contributed by atoms with Gasteiger partial charge in [0.1, 0.15) is 0 Å². The van der Waals surface area contributed by atoms with Crippen molar-refractivity contribution in [2.24, 2.45) is 0 Å². The number of hydrogen-bond donors (Lipinski definition) is 1. The Hall–Kier alpha value is -1.58. The third-order valence-corrected chi connectivity index (χ3v) is 1.46. The van der Waals surface area contributed by atoms with E-state index in [9.17, 15) is 0 Å². The maximum atomic E-state index is 4.07. The van der Waals surface area contributed by atoms with E-state index >= 15 is 0 Å². The van der Waals surface area contributed by atoms with Gasteiger partial charge in [-0.25, -0.2) is 0 Å². The van der Waals surface area contributed by atoms with Crippen molar-refractivity contribution in [2.75, 3.05) is 0 Å². The molecule has 1 N–H and O–H groups in total. The first kappa shape index (κ1) is 6.15. The third-order valence-electron chi connectivity index (χ3n) is 1.46. The van der Waals surface area contributed by atoms with Crippen molar-refractivity contribution in [3.63, 3.8) is 0 Å². The zero-order valence-electron chi connectivity index (χ0n) is 5.94. The lowest BCUT2D eigenvalue weighted by Crippen LogP contribution is -1.97. The van der Waals surface area contributed by atoms with Crippen molar-refractivity contribution < 1.29 is 0 Å². The normalized spacial score (nSPS) is 10.2. The Morgan fingerprint density at radius 3 is 3.18 bits per heavy atom. The minimum Gasteiger partial charge on any atom is -0.285 e. The van der Waals surface area contributed by atoms with Crippen molar-refractivity contribution in [3.8, 4) is 0 Å². The summed E-state index contributed by atoms with van der Waals surface area (Å²) in [6.45, 7) is 0.781. The summed E-state index contributed by atoms with van der Waals surface area (Å²) in [5.41, 5.74) is 1.13. The average Bonchev–Trinajstić information content (AvgIpc) is 2.60. The number of aromatic amines is 1. The highest BCUT2D eigenvalue weighted by Gasteiger charge is 1.93. The van der Waals surface area contributed by atoms with Crippen LogP contribution < -0.4 is 0 Å². The molecule has 0 spiro atoms. The predicted molar refractivity (Wildman–Crippen MR) is 39.9 cm³/mol. The first-order valence-corrected chi connectivity index (χ1v) is 3.40. The Kier molecular flexibility index (Phi) is 1.44. The minimum atomic E-state index is 0.781. The van der Waals surface area contributed by atoms with Crippen LogP contribution in [0.25, 0.3) is 0 Å². The molecule has 2 rings (SSSR count). The van der Waals surface area contributed by atoms with Crippen LogP contribution in [0.5, 0.6) is 0 Å². The molecule has 0 saturated carbocycles. The van der Waals surface area contributed by atoms with Crippen molar-refractivity contribution in [2.45, 2.75) is 6.54 Å². The number of nitrogens with zero attached hydrogens (tertiary/aromatic N) is 3. The van der Waals surface area contributed by atoms with Crippen LogP contribution >= 0.6 is 0 Å². The largest absolute Gasteiger partial charge is 0.285 e. The first-order valence-electron chi connectivity index (χ1n) is 3.40. The highest BCUT2D eigenvalue weighted by Crippen LogP contribution is 1.96. The molecule has 56 valence electrons. The standard InChI is InChI=1S/C7H8N4/c1-2-10-11(3-1)6-7-4-8-9-5-7/h1-5H,6H2,(H,8,9). The third kappa shape index (κ3) is 1.29. The van der Waals surface area contributed by atoms with Gasteiger partial charge in [-0.05, 0) is 6.07 Å². The molecule has 0 fully saturated rings. The van der Waals surface area contributed by atoms with Gasteiger partial charge >= 0.3 is 0 Å². The molecular formula is C7H8N4. The SMILES string of the molecule is c1cnn(Cc2cn[nH]c2)c1. The van der Waals surface area contributed by atoms with Crippen LogP contribution in [-0.4, -0.2) is 20.0 Å². The van der Waals surface area contributed by atoms with Crippen LogP contribution in [0.1, 0.15) is 5.56 Å². The molecular weight excluding hydrogens is 140 g/mol. The van der Waals surface area contributed by atoms with Gasteiger partial charge in [0.2, 0.25) is 0 Å². The van der Waals surface area contributed by atoms with Crippen molar-refractivity contribution >= 4 is 0 Å². The monoisotopic (exact) mass is 148 g/mol. The topological polar surface area (TPSA) is 46.5 Å². The highest BCUT2D eigenvalue weighted by molar-refractivity contribution is 5.02. The van der Waals surface area contributed by atoms with Gasteiger partial charge in [-0.2, -0.15) is 10.2 Å². The van der Waals surface area contributed by atoms with Crippen molar-refractivity contribution in [3.05, 3.63) is 36.4 Å². The molecule has 0 saturated heterocycles. The lowest BCUT2D eigenvalue weighted by Gasteiger charge is -1.94. The molecule has 0 aromatic carbocycles. The van der Waals surface area contributed by atoms with E-state index in [4.69, 9.17) is 0 Å². The predicted octanol–water partition coefficient (Wildman–Crippen LogP) is 0.654. The fourth-order valence-corrected chi connectivity index (χ4v) is 0.945. The summed E-state index contributed by atoms with van der Waals surface area (Å²) >= 11 is 0. The van der Waals surface area contributed by atoms with Gasteiger partial charge in [0.25, 0.3) is 0 Å². The molecule has 11 heavy (non-hydrogen) atoms. The second kappa shape index (κ2) is 2.57. The summed E-state index contributed by atoms with van der Waals surface area (Å²) in [4.78, 5) is 0.